The van der Waals surface area contributed by atoms with Gasteiger partial charge in [0.1, 0.15) is 0 Å². The largest absolute Gasteiger partial charge is 0.388 e. The molecule has 3 rings (SSSR count). The molecular weight excluding hydrogens is 324 g/mol. The molecule has 4 nitrogen and oxygen atoms in total. The van der Waals surface area contributed by atoms with Crippen LogP contribution in [0.25, 0.3) is 0 Å². The fourth-order valence-electron chi connectivity index (χ4n) is 3.93. The van der Waals surface area contributed by atoms with E-state index in [2.05, 4.69) is 5.32 Å². The van der Waals surface area contributed by atoms with Crippen LogP contribution in [0.1, 0.15) is 50.2 Å². The third kappa shape index (κ3) is 4.95. The van der Waals surface area contributed by atoms with Crippen molar-refractivity contribution >= 4 is 18.3 Å². The van der Waals surface area contributed by atoms with Crippen molar-refractivity contribution in [1.29, 1.82) is 0 Å². The fourth-order valence-corrected chi connectivity index (χ4v) is 3.93. The van der Waals surface area contributed by atoms with Crippen LogP contribution in [0.2, 0.25) is 0 Å². The Morgan fingerprint density at radius 3 is 2.62 bits per heavy atom. The van der Waals surface area contributed by atoms with Gasteiger partial charge in [-0.25, -0.2) is 0 Å². The highest BCUT2D eigenvalue weighted by Gasteiger charge is 2.31. The molecule has 134 valence electrons. The predicted octanol–water partition coefficient (Wildman–Crippen LogP) is 2.91. The minimum atomic E-state index is -0.478. The van der Waals surface area contributed by atoms with Gasteiger partial charge in [-0.15, -0.1) is 12.4 Å². The molecule has 2 heterocycles. The molecule has 0 aromatic heterocycles. The second kappa shape index (κ2) is 9.40. The molecule has 2 aliphatic heterocycles. The van der Waals surface area contributed by atoms with Crippen LogP contribution < -0.4 is 5.32 Å². The lowest BCUT2D eigenvalue weighted by Crippen LogP contribution is -2.38. The smallest absolute Gasteiger partial charge is 0.223 e. The predicted molar refractivity (Wildman–Crippen MR) is 98.2 cm³/mol. The summed E-state index contributed by atoms with van der Waals surface area (Å²) in [7, 11) is 0. The summed E-state index contributed by atoms with van der Waals surface area (Å²) in [6.07, 6.45) is 5.15. The molecule has 1 aromatic rings. The number of benzene rings is 1. The summed E-state index contributed by atoms with van der Waals surface area (Å²) in [5, 5.41) is 13.8. The van der Waals surface area contributed by atoms with Crippen molar-refractivity contribution in [2.24, 2.45) is 5.92 Å². The maximum absolute atomic E-state index is 12.7. The third-order valence-electron chi connectivity index (χ3n) is 5.30. The van der Waals surface area contributed by atoms with Crippen molar-refractivity contribution in [3.63, 3.8) is 0 Å². The first-order valence-corrected chi connectivity index (χ1v) is 8.97. The van der Waals surface area contributed by atoms with Gasteiger partial charge in [-0.05, 0) is 56.7 Å². The number of hydrogen-bond acceptors (Lipinski definition) is 3. The van der Waals surface area contributed by atoms with Crippen LogP contribution in [-0.2, 0) is 4.79 Å². The fraction of sp³-hybridized carbons (Fsp3) is 0.632. The molecule has 0 spiro atoms. The summed E-state index contributed by atoms with van der Waals surface area (Å²) in [4.78, 5) is 14.7. The zero-order chi connectivity index (χ0) is 16.1. The van der Waals surface area contributed by atoms with Crippen LogP contribution in [-0.4, -0.2) is 41.6 Å². The molecule has 2 atom stereocenters. The van der Waals surface area contributed by atoms with Crippen LogP contribution in [0.5, 0.6) is 0 Å². The molecule has 2 N–H and O–H groups in total. The summed E-state index contributed by atoms with van der Waals surface area (Å²) < 4.78 is 0. The number of halogens is 1. The number of likely N-dealkylation sites (tertiary alicyclic amines) is 1. The van der Waals surface area contributed by atoms with Gasteiger partial charge in [-0.2, -0.15) is 0 Å². The molecule has 0 aliphatic carbocycles. The molecule has 1 amide bonds. The van der Waals surface area contributed by atoms with Gasteiger partial charge in [0.05, 0.1) is 6.10 Å². The Morgan fingerprint density at radius 1 is 1.21 bits per heavy atom. The summed E-state index contributed by atoms with van der Waals surface area (Å²) in [6.45, 7) is 2.93. The Hall–Kier alpha value is -1.10. The van der Waals surface area contributed by atoms with Gasteiger partial charge in [0.2, 0.25) is 5.91 Å². The molecular formula is C19H29ClN2O2. The van der Waals surface area contributed by atoms with E-state index >= 15 is 0 Å². The third-order valence-corrected chi connectivity index (χ3v) is 5.30. The first kappa shape index (κ1) is 19.2. The SMILES string of the molecule is Cl.O=C(CC1CCNCC1)N1CCCC1CC(O)c1ccccc1. The Morgan fingerprint density at radius 2 is 1.92 bits per heavy atom. The van der Waals surface area contributed by atoms with E-state index in [0.717, 1.165) is 50.9 Å². The van der Waals surface area contributed by atoms with Gasteiger partial charge in [-0.3, -0.25) is 4.79 Å². The Balaban J connectivity index is 0.00000208. The second-order valence-corrected chi connectivity index (χ2v) is 6.94. The summed E-state index contributed by atoms with van der Waals surface area (Å²) in [5.74, 6) is 0.823. The van der Waals surface area contributed by atoms with Gasteiger partial charge in [-0.1, -0.05) is 30.3 Å². The molecule has 0 bridgehead atoms. The maximum Gasteiger partial charge on any atom is 0.223 e. The molecule has 2 aliphatic rings. The summed E-state index contributed by atoms with van der Waals surface area (Å²) >= 11 is 0. The van der Waals surface area contributed by atoms with Gasteiger partial charge in [0, 0.05) is 19.0 Å². The first-order valence-electron chi connectivity index (χ1n) is 8.97. The van der Waals surface area contributed by atoms with Crippen LogP contribution in [0.15, 0.2) is 30.3 Å². The molecule has 0 radical (unpaired) electrons. The quantitative estimate of drug-likeness (QED) is 0.856. The number of rotatable bonds is 5. The average molecular weight is 353 g/mol. The number of hydrogen-bond donors (Lipinski definition) is 2. The first-order chi connectivity index (χ1) is 11.2. The number of aliphatic hydroxyl groups excluding tert-OH is 1. The number of nitrogens with one attached hydrogen (secondary N) is 1. The number of piperidine rings is 1. The monoisotopic (exact) mass is 352 g/mol. The Kier molecular flexibility index (Phi) is 7.53. The van der Waals surface area contributed by atoms with Crippen LogP contribution in [0, 0.1) is 5.92 Å². The summed E-state index contributed by atoms with van der Waals surface area (Å²) in [5.41, 5.74) is 0.949. The van der Waals surface area contributed by atoms with Gasteiger partial charge in [0.25, 0.3) is 0 Å². The van der Waals surface area contributed by atoms with E-state index in [-0.39, 0.29) is 18.4 Å². The van der Waals surface area contributed by atoms with Crippen molar-refractivity contribution < 1.29 is 9.90 Å². The zero-order valence-electron chi connectivity index (χ0n) is 14.2. The van der Waals surface area contributed by atoms with Crippen molar-refractivity contribution in [3.8, 4) is 0 Å². The minimum absolute atomic E-state index is 0. The average Bonchev–Trinajstić information content (AvgIpc) is 3.05. The molecule has 24 heavy (non-hydrogen) atoms. The van der Waals surface area contributed by atoms with E-state index in [1.54, 1.807) is 0 Å². The topological polar surface area (TPSA) is 52.6 Å². The molecule has 2 fully saturated rings. The van der Waals surface area contributed by atoms with Crippen LogP contribution in [0.4, 0.5) is 0 Å². The number of carbonyl (C=O) groups excluding carboxylic acids is 1. The molecule has 2 saturated heterocycles. The molecule has 5 heteroatoms. The van der Waals surface area contributed by atoms with Crippen molar-refractivity contribution in [2.75, 3.05) is 19.6 Å². The standard InChI is InChI=1S/C19H28N2O2.ClH/c22-18(16-5-2-1-3-6-16)14-17-7-4-12-21(17)19(23)13-15-8-10-20-11-9-15;/h1-3,5-6,15,17-18,20,22H,4,7-14H2;1H. The van der Waals surface area contributed by atoms with Gasteiger partial charge < -0.3 is 15.3 Å². The second-order valence-electron chi connectivity index (χ2n) is 6.94. The minimum Gasteiger partial charge on any atom is -0.388 e. The van der Waals surface area contributed by atoms with E-state index in [1.165, 1.54) is 0 Å². The number of aliphatic hydroxyl groups is 1. The lowest BCUT2D eigenvalue weighted by atomic mass is 9.93. The van der Waals surface area contributed by atoms with Crippen molar-refractivity contribution in [1.82, 2.24) is 10.2 Å². The normalized spacial score (nSPS) is 22.9. The van der Waals surface area contributed by atoms with Crippen molar-refractivity contribution in [2.45, 2.75) is 50.7 Å². The van der Waals surface area contributed by atoms with Gasteiger partial charge in [0.15, 0.2) is 0 Å². The highest BCUT2D eigenvalue weighted by Crippen LogP contribution is 2.29. The number of amides is 1. The highest BCUT2D eigenvalue weighted by atomic mass is 35.5. The Labute approximate surface area is 151 Å². The number of carbonyl (C=O) groups is 1. The molecule has 1 aromatic carbocycles. The van der Waals surface area contributed by atoms with E-state index in [1.807, 2.05) is 35.2 Å². The lowest BCUT2D eigenvalue weighted by molar-refractivity contribution is -0.133. The number of nitrogens with zero attached hydrogens (tertiary/aromatic N) is 1. The molecule has 2 unspecified atom stereocenters. The Bertz CT molecular complexity index is 505. The zero-order valence-corrected chi connectivity index (χ0v) is 15.0. The lowest BCUT2D eigenvalue weighted by Gasteiger charge is -2.29. The van der Waals surface area contributed by atoms with E-state index in [4.69, 9.17) is 0 Å². The van der Waals surface area contributed by atoms with E-state index < -0.39 is 6.10 Å². The van der Waals surface area contributed by atoms with Crippen LogP contribution >= 0.6 is 12.4 Å². The summed E-state index contributed by atoms with van der Waals surface area (Å²) in [6, 6.07) is 9.97. The maximum atomic E-state index is 12.7. The van der Waals surface area contributed by atoms with Crippen molar-refractivity contribution in [3.05, 3.63) is 35.9 Å². The van der Waals surface area contributed by atoms with Crippen LogP contribution in [0.3, 0.4) is 0 Å². The molecule has 0 saturated carbocycles. The van der Waals surface area contributed by atoms with E-state index in [9.17, 15) is 9.90 Å². The van der Waals surface area contributed by atoms with Gasteiger partial charge >= 0.3 is 0 Å². The van der Waals surface area contributed by atoms with E-state index in [0.29, 0.717) is 24.7 Å². The highest BCUT2D eigenvalue weighted by molar-refractivity contribution is 5.85.